The largest absolute Gasteiger partial charge is 0.397 e. The molecular weight excluding hydrogens is 335 g/mol. The Hall–Kier alpha value is -2.58. The van der Waals surface area contributed by atoms with Gasteiger partial charge in [0.05, 0.1) is 24.7 Å². The minimum Gasteiger partial charge on any atom is -0.332 e. The van der Waals surface area contributed by atoms with Crippen molar-refractivity contribution in [1.29, 1.82) is 0 Å². The number of carbonyl (C=O) groups excluding carboxylic acids is 1. The zero-order valence-corrected chi connectivity index (χ0v) is 14.2. The van der Waals surface area contributed by atoms with Gasteiger partial charge in [0.1, 0.15) is 5.69 Å². The molecule has 0 aliphatic rings. The third-order valence-corrected chi connectivity index (χ3v) is 3.87. The van der Waals surface area contributed by atoms with Crippen molar-refractivity contribution in [3.8, 4) is 0 Å². The summed E-state index contributed by atoms with van der Waals surface area (Å²) >= 11 is 0. The van der Waals surface area contributed by atoms with Gasteiger partial charge in [-0.3, -0.25) is 0 Å². The summed E-state index contributed by atoms with van der Waals surface area (Å²) in [5.74, 6) is 0. The van der Waals surface area contributed by atoms with Crippen LogP contribution in [-0.4, -0.2) is 27.2 Å². The molecule has 1 heterocycles. The highest BCUT2D eigenvalue weighted by Crippen LogP contribution is 2.40. The Morgan fingerprint density at radius 3 is 2.36 bits per heavy atom. The van der Waals surface area contributed by atoms with E-state index in [2.05, 4.69) is 20.8 Å². The first kappa shape index (κ1) is 18.8. The van der Waals surface area contributed by atoms with E-state index in [1.54, 1.807) is 6.20 Å². The fraction of sp³-hybridized carbons (Fsp3) is 0.438. The maximum absolute atomic E-state index is 13.0. The van der Waals surface area contributed by atoms with E-state index in [4.69, 9.17) is 0 Å². The topological polar surface area (TPSA) is 71.8 Å². The summed E-state index contributed by atoms with van der Waals surface area (Å²) in [4.78, 5) is 13.3. The maximum Gasteiger partial charge on any atom is 0.397 e. The zero-order valence-electron chi connectivity index (χ0n) is 14.2. The molecule has 0 radical (unpaired) electrons. The average Bonchev–Trinajstić information content (AvgIpc) is 3.00. The lowest BCUT2D eigenvalue weighted by Crippen LogP contribution is -2.36. The SMILES string of the molecule is CCn1ncc(CNC(=O)Nc2ccc(C(C)(C)C(F)(F)F)cc2)n1. The minimum absolute atomic E-state index is 0.127. The second-order valence-corrected chi connectivity index (χ2v) is 6.03. The number of aromatic nitrogens is 3. The fourth-order valence-electron chi connectivity index (χ4n) is 2.05. The molecular formula is C16H20F3N5O. The Labute approximate surface area is 143 Å². The number of aryl methyl sites for hydroxylation is 1. The number of alkyl halides is 3. The van der Waals surface area contributed by atoms with E-state index in [0.29, 0.717) is 17.9 Å². The van der Waals surface area contributed by atoms with Crippen LogP contribution in [0.4, 0.5) is 23.7 Å². The van der Waals surface area contributed by atoms with Crippen molar-refractivity contribution in [2.45, 2.75) is 45.5 Å². The first-order valence-corrected chi connectivity index (χ1v) is 7.74. The Morgan fingerprint density at radius 1 is 1.20 bits per heavy atom. The Morgan fingerprint density at radius 2 is 1.84 bits per heavy atom. The van der Waals surface area contributed by atoms with Gasteiger partial charge in [-0.05, 0) is 38.5 Å². The Kier molecular flexibility index (Phi) is 5.34. The summed E-state index contributed by atoms with van der Waals surface area (Å²) in [6.07, 6.45) is -2.80. The molecule has 0 saturated heterocycles. The summed E-state index contributed by atoms with van der Waals surface area (Å²) in [6.45, 7) is 4.96. The molecule has 0 unspecified atom stereocenters. The predicted octanol–water partition coefficient (Wildman–Crippen LogP) is 3.46. The second-order valence-electron chi connectivity index (χ2n) is 6.03. The van der Waals surface area contributed by atoms with Gasteiger partial charge in [0.2, 0.25) is 0 Å². The summed E-state index contributed by atoms with van der Waals surface area (Å²) in [6, 6.07) is 5.12. The van der Waals surface area contributed by atoms with Crippen LogP contribution in [0.15, 0.2) is 30.5 Å². The van der Waals surface area contributed by atoms with Crippen molar-refractivity contribution >= 4 is 11.7 Å². The van der Waals surface area contributed by atoms with Crippen LogP contribution >= 0.6 is 0 Å². The van der Waals surface area contributed by atoms with E-state index in [1.807, 2.05) is 6.92 Å². The standard InChI is InChI=1S/C16H20F3N5O/c1-4-24-21-10-13(23-24)9-20-14(25)22-12-7-5-11(6-8-12)15(2,3)16(17,18)19/h5-8,10H,4,9H2,1-3H3,(H2,20,22,25). The van der Waals surface area contributed by atoms with E-state index in [0.717, 1.165) is 13.8 Å². The molecule has 6 nitrogen and oxygen atoms in total. The van der Waals surface area contributed by atoms with Crippen molar-refractivity contribution in [2.75, 3.05) is 5.32 Å². The van der Waals surface area contributed by atoms with Crippen LogP contribution in [0.2, 0.25) is 0 Å². The predicted molar refractivity (Wildman–Crippen MR) is 87.1 cm³/mol. The molecule has 2 amide bonds. The molecule has 0 fully saturated rings. The van der Waals surface area contributed by atoms with Gasteiger partial charge in [0, 0.05) is 5.69 Å². The second kappa shape index (κ2) is 7.12. The third-order valence-electron chi connectivity index (χ3n) is 3.87. The van der Waals surface area contributed by atoms with E-state index in [9.17, 15) is 18.0 Å². The minimum atomic E-state index is -4.35. The van der Waals surface area contributed by atoms with E-state index >= 15 is 0 Å². The molecule has 0 spiro atoms. The monoisotopic (exact) mass is 355 g/mol. The molecule has 0 aliphatic heterocycles. The number of anilines is 1. The highest BCUT2D eigenvalue weighted by molar-refractivity contribution is 5.89. The molecule has 0 saturated carbocycles. The molecule has 25 heavy (non-hydrogen) atoms. The first-order valence-electron chi connectivity index (χ1n) is 7.74. The van der Waals surface area contributed by atoms with Crippen LogP contribution in [0.5, 0.6) is 0 Å². The molecule has 2 rings (SSSR count). The van der Waals surface area contributed by atoms with Crippen molar-refractivity contribution < 1.29 is 18.0 Å². The Bertz CT molecular complexity index is 722. The number of halogens is 3. The van der Waals surface area contributed by atoms with E-state index in [-0.39, 0.29) is 12.1 Å². The van der Waals surface area contributed by atoms with Crippen LogP contribution in [0.1, 0.15) is 32.0 Å². The lowest BCUT2D eigenvalue weighted by atomic mass is 9.84. The molecule has 0 atom stereocenters. The maximum atomic E-state index is 13.0. The van der Waals surface area contributed by atoms with Crippen LogP contribution in [-0.2, 0) is 18.5 Å². The highest BCUT2D eigenvalue weighted by atomic mass is 19.4. The lowest BCUT2D eigenvalue weighted by molar-refractivity contribution is -0.180. The highest BCUT2D eigenvalue weighted by Gasteiger charge is 2.48. The molecule has 0 bridgehead atoms. The molecule has 9 heteroatoms. The molecule has 2 N–H and O–H groups in total. The number of amides is 2. The van der Waals surface area contributed by atoms with Gasteiger partial charge in [-0.2, -0.15) is 28.2 Å². The Balaban J connectivity index is 1.93. The fourth-order valence-corrected chi connectivity index (χ4v) is 2.05. The van der Waals surface area contributed by atoms with Gasteiger partial charge in [0.15, 0.2) is 0 Å². The van der Waals surface area contributed by atoms with Crippen LogP contribution in [0.3, 0.4) is 0 Å². The quantitative estimate of drug-likeness (QED) is 0.863. The van der Waals surface area contributed by atoms with E-state index < -0.39 is 17.6 Å². The number of hydrogen-bond donors (Lipinski definition) is 2. The van der Waals surface area contributed by atoms with Gasteiger partial charge in [0.25, 0.3) is 0 Å². The van der Waals surface area contributed by atoms with Crippen molar-refractivity contribution in [1.82, 2.24) is 20.3 Å². The molecule has 2 aromatic rings. The van der Waals surface area contributed by atoms with Crippen LogP contribution in [0, 0.1) is 0 Å². The molecule has 1 aromatic carbocycles. The van der Waals surface area contributed by atoms with E-state index in [1.165, 1.54) is 29.1 Å². The third kappa shape index (κ3) is 4.49. The van der Waals surface area contributed by atoms with Gasteiger partial charge < -0.3 is 10.6 Å². The summed E-state index contributed by atoms with van der Waals surface area (Å²) in [7, 11) is 0. The van der Waals surface area contributed by atoms with Gasteiger partial charge in [-0.15, -0.1) is 0 Å². The van der Waals surface area contributed by atoms with Gasteiger partial charge >= 0.3 is 12.2 Å². The number of benzene rings is 1. The number of hydrogen-bond acceptors (Lipinski definition) is 3. The number of nitrogens with one attached hydrogen (secondary N) is 2. The van der Waals surface area contributed by atoms with Crippen molar-refractivity contribution in [2.24, 2.45) is 0 Å². The normalized spacial score (nSPS) is 12.1. The summed E-state index contributed by atoms with van der Waals surface area (Å²) in [5.41, 5.74) is -0.823. The van der Waals surface area contributed by atoms with Gasteiger partial charge in [-0.25, -0.2) is 4.79 Å². The lowest BCUT2D eigenvalue weighted by Gasteiger charge is -2.28. The molecule has 1 aromatic heterocycles. The van der Waals surface area contributed by atoms with Crippen molar-refractivity contribution in [3.05, 3.63) is 41.7 Å². The summed E-state index contributed by atoms with van der Waals surface area (Å²) in [5, 5.41) is 13.3. The first-order chi connectivity index (χ1) is 11.6. The van der Waals surface area contributed by atoms with Crippen molar-refractivity contribution in [3.63, 3.8) is 0 Å². The number of rotatable bonds is 5. The number of urea groups is 1. The van der Waals surface area contributed by atoms with Gasteiger partial charge in [-0.1, -0.05) is 12.1 Å². The number of carbonyl (C=O) groups is 1. The molecule has 0 aliphatic carbocycles. The zero-order chi connectivity index (χ0) is 18.7. The molecule has 136 valence electrons. The average molecular weight is 355 g/mol. The summed E-state index contributed by atoms with van der Waals surface area (Å²) < 4.78 is 39.1. The van der Waals surface area contributed by atoms with Crippen LogP contribution in [0.25, 0.3) is 0 Å². The smallest absolute Gasteiger partial charge is 0.332 e. The number of nitrogens with zero attached hydrogens (tertiary/aromatic N) is 3. The van der Waals surface area contributed by atoms with Crippen LogP contribution < -0.4 is 10.6 Å².